The van der Waals surface area contributed by atoms with Crippen LogP contribution in [0.2, 0.25) is 0 Å². The van der Waals surface area contributed by atoms with Crippen LogP contribution in [0.5, 0.6) is 0 Å². The fraction of sp³-hybridized carbons (Fsp3) is 0.474. The zero-order valence-electron chi connectivity index (χ0n) is 29.8. The number of hydrogen-bond donors (Lipinski definition) is 0. The Labute approximate surface area is 320 Å². The Hall–Kier alpha value is -3.59. The van der Waals surface area contributed by atoms with E-state index in [1.807, 2.05) is 32.1 Å². The third-order valence-corrected chi connectivity index (χ3v) is 11.3. The van der Waals surface area contributed by atoms with Gasteiger partial charge in [-0.2, -0.15) is 10.1 Å². The van der Waals surface area contributed by atoms with E-state index in [2.05, 4.69) is 100 Å². The lowest BCUT2D eigenvalue weighted by Crippen LogP contribution is -2.46. The second-order valence-corrected chi connectivity index (χ2v) is 15.4. The fourth-order valence-corrected chi connectivity index (χ4v) is 8.15. The standard InChI is InChI=1S/C38H45Br2FN8O3/c1-4-27(3)49-37(50)47(25-42-49)31-15-13-30(14-16-31)46-20-18-45(19-21-46)29-11-9-28(10-12-29)6-5-7-32-23-51-38(52-32,24-48-36(40)43-35(39)44-48)33-17-8-26(2)22-34(33)41/h8-17,25-27,32H,4-7,18-24H2,1-3H3. The molecule has 0 bridgehead atoms. The summed E-state index contributed by atoms with van der Waals surface area (Å²) in [5.41, 5.74) is 4.80. The lowest BCUT2D eigenvalue weighted by molar-refractivity contribution is -0.150. The van der Waals surface area contributed by atoms with Gasteiger partial charge in [0.2, 0.25) is 10.5 Å². The van der Waals surface area contributed by atoms with Crippen molar-refractivity contribution in [1.82, 2.24) is 29.1 Å². The van der Waals surface area contributed by atoms with Crippen LogP contribution in [0.25, 0.3) is 5.69 Å². The van der Waals surface area contributed by atoms with Crippen LogP contribution in [0.4, 0.5) is 15.8 Å². The molecule has 11 nitrogen and oxygen atoms in total. The van der Waals surface area contributed by atoms with E-state index >= 15 is 4.39 Å². The van der Waals surface area contributed by atoms with Crippen molar-refractivity contribution in [3.63, 3.8) is 0 Å². The first kappa shape index (κ1) is 36.8. The minimum absolute atomic E-state index is 0.0687. The summed E-state index contributed by atoms with van der Waals surface area (Å²) in [6.45, 7) is 10.3. The van der Waals surface area contributed by atoms with Crippen molar-refractivity contribution in [2.75, 3.05) is 42.6 Å². The molecule has 276 valence electrons. The van der Waals surface area contributed by atoms with Gasteiger partial charge in [-0.3, -0.25) is 0 Å². The minimum Gasteiger partial charge on any atom is -0.368 e. The van der Waals surface area contributed by atoms with Gasteiger partial charge in [0, 0.05) is 49.5 Å². The number of piperazine rings is 1. The molecule has 4 unspecified atom stereocenters. The van der Waals surface area contributed by atoms with Crippen LogP contribution in [-0.4, -0.2) is 73.8 Å². The highest BCUT2D eigenvalue weighted by atomic mass is 79.9. The molecule has 2 fully saturated rings. The molecule has 2 aromatic heterocycles. The Balaban J connectivity index is 0.903. The average Bonchev–Trinajstić information content (AvgIpc) is 3.84. The third kappa shape index (κ3) is 7.85. The van der Waals surface area contributed by atoms with Crippen molar-refractivity contribution in [3.05, 3.63) is 104 Å². The van der Waals surface area contributed by atoms with Crippen molar-refractivity contribution in [1.29, 1.82) is 0 Å². The monoisotopic (exact) mass is 838 g/mol. The zero-order valence-corrected chi connectivity index (χ0v) is 33.0. The van der Waals surface area contributed by atoms with Gasteiger partial charge in [-0.05, 0) is 112 Å². The van der Waals surface area contributed by atoms with Crippen LogP contribution < -0.4 is 15.5 Å². The van der Waals surface area contributed by atoms with E-state index in [4.69, 9.17) is 9.47 Å². The fourth-order valence-electron chi connectivity index (χ4n) is 7.18. The second-order valence-electron chi connectivity index (χ2n) is 14.0. The second kappa shape index (κ2) is 15.8. The number of aryl methyl sites for hydroxylation is 1. The topological polar surface area (TPSA) is 95.5 Å². The number of nitrogens with zero attached hydrogens (tertiary/aromatic N) is 8. The maximum Gasteiger partial charge on any atom is 0.350 e. The molecule has 2 aliphatic heterocycles. The number of aromatic nitrogens is 6. The van der Waals surface area contributed by atoms with Crippen molar-refractivity contribution in [2.24, 2.45) is 5.92 Å². The molecule has 0 amide bonds. The Bertz CT molecular complexity index is 1970. The highest BCUT2D eigenvalue weighted by Gasteiger charge is 2.47. The Kier molecular flexibility index (Phi) is 11.2. The first-order valence-electron chi connectivity index (χ1n) is 18.1. The van der Waals surface area contributed by atoms with Crippen LogP contribution in [0, 0.1) is 5.92 Å². The predicted molar refractivity (Wildman–Crippen MR) is 207 cm³/mol. The number of hydrogen-bond acceptors (Lipinski definition) is 8. The van der Waals surface area contributed by atoms with E-state index < -0.39 is 5.79 Å². The number of rotatable bonds is 12. The first-order chi connectivity index (χ1) is 25.1. The van der Waals surface area contributed by atoms with Crippen molar-refractivity contribution in [2.45, 2.75) is 77.4 Å². The average molecular weight is 841 g/mol. The summed E-state index contributed by atoms with van der Waals surface area (Å²) < 4.78 is 34.0. The number of allylic oxidation sites excluding steroid dienone is 2. The molecule has 1 aliphatic carbocycles. The molecule has 4 heterocycles. The first-order valence-corrected chi connectivity index (χ1v) is 19.7. The van der Waals surface area contributed by atoms with E-state index in [0.29, 0.717) is 28.1 Å². The predicted octanol–water partition coefficient (Wildman–Crippen LogP) is 7.40. The largest absolute Gasteiger partial charge is 0.368 e. The molecule has 14 heteroatoms. The summed E-state index contributed by atoms with van der Waals surface area (Å²) >= 11 is 6.76. The quantitative estimate of drug-likeness (QED) is 0.146. The van der Waals surface area contributed by atoms with Crippen molar-refractivity contribution >= 4 is 43.2 Å². The van der Waals surface area contributed by atoms with E-state index in [9.17, 15) is 4.79 Å². The van der Waals surface area contributed by atoms with E-state index in [1.54, 1.807) is 26.3 Å². The minimum atomic E-state index is -1.27. The summed E-state index contributed by atoms with van der Waals surface area (Å²) in [6, 6.07) is 17.1. The van der Waals surface area contributed by atoms with Gasteiger partial charge in [0.05, 0.1) is 24.4 Å². The number of ether oxygens (including phenoxy) is 2. The van der Waals surface area contributed by atoms with Gasteiger partial charge in [0.25, 0.3) is 0 Å². The van der Waals surface area contributed by atoms with E-state index in [1.165, 1.54) is 11.3 Å². The maximum atomic E-state index is 15.4. The molecule has 0 radical (unpaired) electrons. The molecule has 0 saturated carbocycles. The summed E-state index contributed by atoms with van der Waals surface area (Å²) in [5, 5.41) is 8.70. The molecule has 0 N–H and O–H groups in total. The lowest BCUT2D eigenvalue weighted by atomic mass is 9.92. The molecule has 2 aromatic carbocycles. The molecular weight excluding hydrogens is 795 g/mol. The van der Waals surface area contributed by atoms with E-state index in [-0.39, 0.29) is 36.1 Å². The molecule has 2 saturated heterocycles. The van der Waals surface area contributed by atoms with Gasteiger partial charge < -0.3 is 19.3 Å². The highest BCUT2D eigenvalue weighted by molar-refractivity contribution is 9.11. The lowest BCUT2D eigenvalue weighted by Gasteiger charge is -2.37. The Morgan fingerprint density at radius 2 is 1.65 bits per heavy atom. The summed E-state index contributed by atoms with van der Waals surface area (Å²) in [6.07, 6.45) is 9.06. The molecule has 4 aromatic rings. The SMILES string of the molecule is CCC(C)n1ncn(-c2ccc(N3CCN(c4ccc(CCCC5COC(Cn6nc(Br)nc6Br)(C6=C(F)CC(C)C=C6)O5)cc4)CC3)cc2)c1=O. The van der Waals surface area contributed by atoms with Crippen LogP contribution >= 0.6 is 31.9 Å². The molecule has 4 atom stereocenters. The van der Waals surface area contributed by atoms with Gasteiger partial charge in [-0.1, -0.05) is 38.1 Å². The summed E-state index contributed by atoms with van der Waals surface area (Å²) in [7, 11) is 0. The van der Waals surface area contributed by atoms with Gasteiger partial charge in [-0.25, -0.2) is 23.1 Å². The Morgan fingerprint density at radius 3 is 2.27 bits per heavy atom. The van der Waals surface area contributed by atoms with Crippen molar-refractivity contribution < 1.29 is 13.9 Å². The number of benzene rings is 2. The number of halogens is 3. The van der Waals surface area contributed by atoms with Gasteiger partial charge >= 0.3 is 5.69 Å². The summed E-state index contributed by atoms with van der Waals surface area (Å²) in [5.74, 6) is -1.35. The molecule has 0 spiro atoms. The van der Waals surface area contributed by atoms with Gasteiger partial charge in [-0.15, -0.1) is 5.10 Å². The van der Waals surface area contributed by atoms with Crippen LogP contribution in [0.1, 0.15) is 58.1 Å². The summed E-state index contributed by atoms with van der Waals surface area (Å²) in [4.78, 5) is 21.9. The molecular formula is C38H45Br2FN8O3. The van der Waals surface area contributed by atoms with Crippen molar-refractivity contribution in [3.8, 4) is 5.69 Å². The smallest absolute Gasteiger partial charge is 0.350 e. The van der Waals surface area contributed by atoms with Gasteiger partial charge in [0.15, 0.2) is 4.73 Å². The van der Waals surface area contributed by atoms with Gasteiger partial charge in [0.1, 0.15) is 18.7 Å². The highest BCUT2D eigenvalue weighted by Crippen LogP contribution is 2.41. The molecule has 3 aliphatic rings. The normalized spacial score (nSPS) is 22.8. The molecule has 52 heavy (non-hydrogen) atoms. The third-order valence-electron chi connectivity index (χ3n) is 10.4. The zero-order chi connectivity index (χ0) is 36.4. The van der Waals surface area contributed by atoms with Crippen LogP contribution in [0.15, 0.2) is 92.7 Å². The molecule has 7 rings (SSSR count). The number of anilines is 2. The van der Waals surface area contributed by atoms with E-state index in [0.717, 1.165) is 63.2 Å². The van der Waals surface area contributed by atoms with Crippen LogP contribution in [-0.2, 0) is 22.4 Å². The Morgan fingerprint density at radius 1 is 1.00 bits per heavy atom. The maximum absolute atomic E-state index is 15.4. The van der Waals surface area contributed by atoms with Crippen LogP contribution in [0.3, 0.4) is 0 Å².